The molecule has 1 saturated carbocycles. The number of likely N-dealkylation sites (tertiary alicyclic amines) is 1. The highest BCUT2D eigenvalue weighted by molar-refractivity contribution is 4.81. The zero-order chi connectivity index (χ0) is 13.9. The third-order valence-corrected chi connectivity index (χ3v) is 4.72. The van der Waals surface area contributed by atoms with Crippen molar-refractivity contribution in [2.75, 3.05) is 26.7 Å². The Balaban J connectivity index is 1.63. The normalized spacial score (nSPS) is 31.6. The predicted octanol–water partition coefficient (Wildman–Crippen LogP) is 3.04. The summed E-state index contributed by atoms with van der Waals surface area (Å²) in [4.78, 5) is 2.33. The number of alkyl halides is 3. The summed E-state index contributed by atoms with van der Waals surface area (Å²) in [6.45, 7) is 3.15. The van der Waals surface area contributed by atoms with Crippen LogP contribution in [-0.2, 0) is 0 Å². The smallest absolute Gasteiger partial charge is 0.314 e. The molecule has 1 aliphatic carbocycles. The van der Waals surface area contributed by atoms with Gasteiger partial charge < -0.3 is 10.2 Å². The van der Waals surface area contributed by atoms with E-state index < -0.39 is 12.1 Å². The molecule has 0 atom stereocenters. The highest BCUT2D eigenvalue weighted by Gasteiger charge is 2.41. The SMILES string of the molecule is CN1CCC(NCC2CCC(C(F)(F)F)CC2)CC1. The molecule has 112 valence electrons. The van der Waals surface area contributed by atoms with Gasteiger partial charge in [0, 0.05) is 6.04 Å². The lowest BCUT2D eigenvalue weighted by Crippen LogP contribution is -2.43. The van der Waals surface area contributed by atoms with E-state index in [1.54, 1.807) is 0 Å². The average molecular weight is 278 g/mol. The van der Waals surface area contributed by atoms with Crippen LogP contribution in [0.4, 0.5) is 13.2 Å². The topological polar surface area (TPSA) is 15.3 Å². The van der Waals surface area contributed by atoms with E-state index in [1.807, 2.05) is 0 Å². The van der Waals surface area contributed by atoms with Crippen LogP contribution in [0, 0.1) is 11.8 Å². The minimum Gasteiger partial charge on any atom is -0.314 e. The van der Waals surface area contributed by atoms with E-state index in [-0.39, 0.29) is 0 Å². The van der Waals surface area contributed by atoms with Gasteiger partial charge in [-0.05, 0) is 71.1 Å². The average Bonchev–Trinajstić information content (AvgIpc) is 2.37. The third-order valence-electron chi connectivity index (χ3n) is 4.72. The zero-order valence-corrected chi connectivity index (χ0v) is 11.7. The van der Waals surface area contributed by atoms with Crippen molar-refractivity contribution < 1.29 is 13.2 Å². The van der Waals surface area contributed by atoms with Crippen LogP contribution in [0.1, 0.15) is 38.5 Å². The van der Waals surface area contributed by atoms with Crippen molar-refractivity contribution in [1.29, 1.82) is 0 Å². The first kappa shape index (κ1) is 15.1. The molecule has 0 radical (unpaired) electrons. The van der Waals surface area contributed by atoms with Gasteiger partial charge in [-0.2, -0.15) is 13.2 Å². The Kier molecular flexibility index (Phi) is 5.12. The van der Waals surface area contributed by atoms with Crippen LogP contribution >= 0.6 is 0 Å². The molecule has 1 saturated heterocycles. The molecular weight excluding hydrogens is 253 g/mol. The van der Waals surface area contributed by atoms with E-state index in [9.17, 15) is 13.2 Å². The molecule has 2 rings (SSSR count). The lowest BCUT2D eigenvalue weighted by molar-refractivity contribution is -0.183. The van der Waals surface area contributed by atoms with E-state index in [2.05, 4.69) is 17.3 Å². The van der Waals surface area contributed by atoms with Crippen molar-refractivity contribution in [1.82, 2.24) is 10.2 Å². The molecule has 0 unspecified atom stereocenters. The minimum atomic E-state index is -3.98. The summed E-state index contributed by atoms with van der Waals surface area (Å²) >= 11 is 0. The maximum atomic E-state index is 12.6. The Morgan fingerprint density at radius 2 is 1.58 bits per heavy atom. The molecule has 0 aromatic carbocycles. The van der Waals surface area contributed by atoms with Gasteiger partial charge in [0.25, 0.3) is 0 Å². The van der Waals surface area contributed by atoms with Crippen LogP contribution in [-0.4, -0.2) is 43.8 Å². The number of rotatable bonds is 3. The number of nitrogens with zero attached hydrogens (tertiary/aromatic N) is 1. The molecule has 5 heteroatoms. The van der Waals surface area contributed by atoms with Crippen LogP contribution in [0.5, 0.6) is 0 Å². The van der Waals surface area contributed by atoms with Gasteiger partial charge in [0.2, 0.25) is 0 Å². The van der Waals surface area contributed by atoms with Gasteiger partial charge >= 0.3 is 6.18 Å². The van der Waals surface area contributed by atoms with Gasteiger partial charge in [0.15, 0.2) is 0 Å². The van der Waals surface area contributed by atoms with E-state index in [4.69, 9.17) is 0 Å². The molecule has 0 amide bonds. The summed E-state index contributed by atoms with van der Waals surface area (Å²) in [6.07, 6.45) is 0.440. The fourth-order valence-electron chi connectivity index (χ4n) is 3.24. The van der Waals surface area contributed by atoms with Crippen molar-refractivity contribution in [3.63, 3.8) is 0 Å². The van der Waals surface area contributed by atoms with E-state index in [0.29, 0.717) is 24.8 Å². The highest BCUT2D eigenvalue weighted by Crippen LogP contribution is 2.39. The van der Waals surface area contributed by atoms with Crippen molar-refractivity contribution in [2.45, 2.75) is 50.7 Å². The molecule has 1 heterocycles. The summed E-state index contributed by atoms with van der Waals surface area (Å²) < 4.78 is 37.7. The van der Waals surface area contributed by atoms with Crippen LogP contribution in [0.25, 0.3) is 0 Å². The Morgan fingerprint density at radius 3 is 2.11 bits per heavy atom. The molecule has 0 bridgehead atoms. The Bertz CT molecular complexity index is 264. The Morgan fingerprint density at radius 1 is 1.00 bits per heavy atom. The van der Waals surface area contributed by atoms with E-state index in [1.165, 1.54) is 0 Å². The Hall–Kier alpha value is -0.290. The van der Waals surface area contributed by atoms with E-state index in [0.717, 1.165) is 45.3 Å². The number of hydrogen-bond donors (Lipinski definition) is 1. The molecule has 19 heavy (non-hydrogen) atoms. The third kappa shape index (κ3) is 4.63. The zero-order valence-electron chi connectivity index (χ0n) is 11.7. The van der Waals surface area contributed by atoms with Crippen LogP contribution in [0.2, 0.25) is 0 Å². The van der Waals surface area contributed by atoms with Gasteiger partial charge in [0.1, 0.15) is 0 Å². The van der Waals surface area contributed by atoms with Gasteiger partial charge in [-0.1, -0.05) is 0 Å². The lowest BCUT2D eigenvalue weighted by atomic mass is 9.81. The number of halogens is 3. The largest absolute Gasteiger partial charge is 0.391 e. The maximum Gasteiger partial charge on any atom is 0.391 e. The van der Waals surface area contributed by atoms with Gasteiger partial charge in [-0.3, -0.25) is 0 Å². The molecule has 1 aliphatic heterocycles. The monoisotopic (exact) mass is 278 g/mol. The molecular formula is C14H25F3N2. The second kappa shape index (κ2) is 6.44. The summed E-state index contributed by atoms with van der Waals surface area (Å²) in [5.41, 5.74) is 0. The summed E-state index contributed by atoms with van der Waals surface area (Å²) in [5, 5.41) is 3.56. The number of hydrogen-bond acceptors (Lipinski definition) is 2. The molecule has 2 nitrogen and oxygen atoms in total. The highest BCUT2D eigenvalue weighted by atomic mass is 19.4. The molecule has 1 N–H and O–H groups in total. The molecule has 0 aromatic rings. The summed E-state index contributed by atoms with van der Waals surface area (Å²) in [5.74, 6) is -0.606. The number of piperidine rings is 1. The standard InChI is InChI=1S/C14H25F3N2/c1-19-8-6-13(7-9-19)18-10-11-2-4-12(5-3-11)14(15,16)17/h11-13,18H,2-10H2,1H3. The van der Waals surface area contributed by atoms with Crippen molar-refractivity contribution in [3.8, 4) is 0 Å². The second-order valence-corrected chi connectivity index (χ2v) is 6.25. The fraction of sp³-hybridized carbons (Fsp3) is 1.00. The first-order valence-corrected chi connectivity index (χ1v) is 7.44. The van der Waals surface area contributed by atoms with Crippen molar-refractivity contribution >= 4 is 0 Å². The first-order valence-electron chi connectivity index (χ1n) is 7.44. The van der Waals surface area contributed by atoms with E-state index >= 15 is 0 Å². The molecule has 2 fully saturated rings. The summed E-state index contributed by atoms with van der Waals surface area (Å²) in [7, 11) is 2.13. The minimum absolute atomic E-state index is 0.323. The summed E-state index contributed by atoms with van der Waals surface area (Å²) in [6, 6.07) is 0.566. The van der Waals surface area contributed by atoms with Crippen LogP contribution in [0.15, 0.2) is 0 Å². The lowest BCUT2D eigenvalue weighted by Gasteiger charge is -2.33. The van der Waals surface area contributed by atoms with Gasteiger partial charge in [-0.15, -0.1) is 0 Å². The van der Waals surface area contributed by atoms with Crippen molar-refractivity contribution in [3.05, 3.63) is 0 Å². The fourth-order valence-corrected chi connectivity index (χ4v) is 3.24. The second-order valence-electron chi connectivity index (χ2n) is 6.25. The maximum absolute atomic E-state index is 12.6. The molecule has 2 aliphatic rings. The van der Waals surface area contributed by atoms with Gasteiger partial charge in [-0.25, -0.2) is 0 Å². The first-order chi connectivity index (χ1) is 8.95. The van der Waals surface area contributed by atoms with Crippen LogP contribution < -0.4 is 5.32 Å². The predicted molar refractivity (Wildman–Crippen MR) is 70.0 cm³/mol. The molecule has 0 aromatic heterocycles. The van der Waals surface area contributed by atoms with Gasteiger partial charge in [0.05, 0.1) is 5.92 Å². The number of nitrogens with one attached hydrogen (secondary N) is 1. The van der Waals surface area contributed by atoms with Crippen molar-refractivity contribution in [2.24, 2.45) is 11.8 Å². The molecule has 0 spiro atoms. The quantitative estimate of drug-likeness (QED) is 0.853. The Labute approximate surface area is 113 Å². The van der Waals surface area contributed by atoms with Crippen LogP contribution in [0.3, 0.4) is 0 Å².